The smallest absolute Gasteiger partial charge is 0.317 e. The predicted molar refractivity (Wildman–Crippen MR) is 87.1 cm³/mol. The van der Waals surface area contributed by atoms with Gasteiger partial charge in [-0.2, -0.15) is 0 Å². The van der Waals surface area contributed by atoms with E-state index in [1.165, 1.54) is 0 Å². The Kier molecular flexibility index (Phi) is 4.77. The number of hydrogen-bond donors (Lipinski definition) is 1. The maximum absolute atomic E-state index is 12.4. The molecule has 6 heteroatoms. The highest BCUT2D eigenvalue weighted by molar-refractivity contribution is 5.74. The molecule has 2 aliphatic heterocycles. The molecule has 2 fully saturated rings. The van der Waals surface area contributed by atoms with Crippen molar-refractivity contribution in [2.45, 2.75) is 18.9 Å². The first-order chi connectivity index (χ1) is 10.7. The number of carbonyl (C=O) groups is 1. The standard InChI is InChI=1S/C16H25N5O/c1-19-8-5-14(6-9-19)18-16(22)21-12-10-20(11-13-21)15-4-2-3-7-17-15/h2-4,7,14H,5-6,8-13H2,1H3,(H,18,22). The third kappa shape index (κ3) is 3.68. The number of nitrogens with one attached hydrogen (secondary N) is 1. The van der Waals surface area contributed by atoms with Crippen LogP contribution in [-0.2, 0) is 0 Å². The number of likely N-dealkylation sites (tertiary alicyclic amines) is 1. The number of nitrogens with zero attached hydrogens (tertiary/aromatic N) is 4. The summed E-state index contributed by atoms with van der Waals surface area (Å²) in [4.78, 5) is 23.2. The Morgan fingerprint density at radius 1 is 1.14 bits per heavy atom. The van der Waals surface area contributed by atoms with Crippen molar-refractivity contribution in [2.75, 3.05) is 51.2 Å². The largest absolute Gasteiger partial charge is 0.353 e. The van der Waals surface area contributed by atoms with Crippen molar-refractivity contribution in [3.8, 4) is 0 Å². The number of piperazine rings is 1. The van der Waals surface area contributed by atoms with Crippen LogP contribution in [0.15, 0.2) is 24.4 Å². The molecule has 3 rings (SSSR count). The minimum atomic E-state index is 0.0928. The highest BCUT2D eigenvalue weighted by Gasteiger charge is 2.24. The van der Waals surface area contributed by atoms with Crippen molar-refractivity contribution in [2.24, 2.45) is 0 Å². The van der Waals surface area contributed by atoms with E-state index in [-0.39, 0.29) is 6.03 Å². The summed E-state index contributed by atoms with van der Waals surface area (Å²) in [5.41, 5.74) is 0. The Bertz CT molecular complexity index is 479. The van der Waals surface area contributed by atoms with Gasteiger partial charge in [-0.15, -0.1) is 0 Å². The number of pyridine rings is 1. The summed E-state index contributed by atoms with van der Waals surface area (Å²) in [5.74, 6) is 0.998. The van der Waals surface area contributed by atoms with Crippen LogP contribution in [0.1, 0.15) is 12.8 Å². The summed E-state index contributed by atoms with van der Waals surface area (Å²) < 4.78 is 0. The molecular weight excluding hydrogens is 278 g/mol. The Morgan fingerprint density at radius 3 is 2.50 bits per heavy atom. The summed E-state index contributed by atoms with van der Waals surface area (Å²) in [7, 11) is 2.13. The van der Waals surface area contributed by atoms with Gasteiger partial charge in [0.2, 0.25) is 0 Å². The lowest BCUT2D eigenvalue weighted by Gasteiger charge is -2.37. The molecule has 1 N–H and O–H groups in total. The topological polar surface area (TPSA) is 51.7 Å². The Balaban J connectivity index is 1.46. The van der Waals surface area contributed by atoms with Gasteiger partial charge in [0.15, 0.2) is 0 Å². The zero-order valence-corrected chi connectivity index (χ0v) is 13.2. The molecule has 22 heavy (non-hydrogen) atoms. The van der Waals surface area contributed by atoms with Crippen molar-refractivity contribution < 1.29 is 4.79 Å². The molecule has 3 heterocycles. The molecule has 0 atom stereocenters. The van der Waals surface area contributed by atoms with E-state index in [1.54, 1.807) is 0 Å². The van der Waals surface area contributed by atoms with Crippen LogP contribution < -0.4 is 10.2 Å². The minimum Gasteiger partial charge on any atom is -0.353 e. The number of urea groups is 1. The van der Waals surface area contributed by atoms with Gasteiger partial charge in [0, 0.05) is 38.4 Å². The molecule has 6 nitrogen and oxygen atoms in total. The van der Waals surface area contributed by atoms with Gasteiger partial charge in [0.1, 0.15) is 5.82 Å². The molecule has 0 unspecified atom stereocenters. The number of anilines is 1. The highest BCUT2D eigenvalue weighted by Crippen LogP contribution is 2.13. The van der Waals surface area contributed by atoms with E-state index < -0.39 is 0 Å². The number of aromatic nitrogens is 1. The Hall–Kier alpha value is -1.82. The highest BCUT2D eigenvalue weighted by atomic mass is 16.2. The zero-order chi connectivity index (χ0) is 15.4. The van der Waals surface area contributed by atoms with E-state index in [0.29, 0.717) is 6.04 Å². The van der Waals surface area contributed by atoms with Crippen LogP contribution >= 0.6 is 0 Å². The summed E-state index contributed by atoms with van der Waals surface area (Å²) >= 11 is 0. The van der Waals surface area contributed by atoms with Crippen molar-refractivity contribution in [1.82, 2.24) is 20.1 Å². The predicted octanol–water partition coefficient (Wildman–Crippen LogP) is 1.01. The molecule has 0 saturated carbocycles. The first kappa shape index (κ1) is 15.1. The molecule has 0 aliphatic carbocycles. The average Bonchev–Trinajstić information content (AvgIpc) is 2.58. The minimum absolute atomic E-state index is 0.0928. The number of carbonyl (C=O) groups excluding carboxylic acids is 1. The van der Waals surface area contributed by atoms with E-state index in [9.17, 15) is 4.79 Å². The van der Waals surface area contributed by atoms with Gasteiger partial charge in [0.25, 0.3) is 0 Å². The average molecular weight is 303 g/mol. The summed E-state index contributed by atoms with van der Waals surface area (Å²) in [6, 6.07) is 6.37. The molecular formula is C16H25N5O. The van der Waals surface area contributed by atoms with E-state index in [0.717, 1.165) is 57.9 Å². The van der Waals surface area contributed by atoms with Crippen LogP contribution in [0.3, 0.4) is 0 Å². The first-order valence-electron chi connectivity index (χ1n) is 8.12. The lowest BCUT2D eigenvalue weighted by Crippen LogP contribution is -2.54. The van der Waals surface area contributed by atoms with Gasteiger partial charge >= 0.3 is 6.03 Å². The van der Waals surface area contributed by atoms with Crippen molar-refractivity contribution in [1.29, 1.82) is 0 Å². The van der Waals surface area contributed by atoms with Gasteiger partial charge < -0.3 is 20.0 Å². The van der Waals surface area contributed by atoms with Crippen molar-refractivity contribution in [3.63, 3.8) is 0 Å². The first-order valence-corrected chi connectivity index (χ1v) is 8.12. The number of rotatable bonds is 2. The fourth-order valence-electron chi connectivity index (χ4n) is 3.10. The second kappa shape index (κ2) is 6.96. The van der Waals surface area contributed by atoms with Gasteiger partial charge in [-0.25, -0.2) is 9.78 Å². The van der Waals surface area contributed by atoms with E-state index in [2.05, 4.69) is 27.1 Å². The maximum atomic E-state index is 12.4. The third-order valence-electron chi connectivity index (χ3n) is 4.59. The second-order valence-corrected chi connectivity index (χ2v) is 6.19. The van der Waals surface area contributed by atoms with Gasteiger partial charge in [-0.3, -0.25) is 0 Å². The monoisotopic (exact) mass is 303 g/mol. The van der Waals surface area contributed by atoms with Gasteiger partial charge in [-0.05, 0) is 45.1 Å². The molecule has 0 radical (unpaired) electrons. The van der Waals surface area contributed by atoms with Crippen molar-refractivity contribution in [3.05, 3.63) is 24.4 Å². The lowest BCUT2D eigenvalue weighted by molar-refractivity contribution is 0.178. The molecule has 1 aromatic heterocycles. The Morgan fingerprint density at radius 2 is 1.86 bits per heavy atom. The lowest BCUT2D eigenvalue weighted by atomic mass is 10.1. The molecule has 0 spiro atoms. The second-order valence-electron chi connectivity index (χ2n) is 6.19. The van der Waals surface area contributed by atoms with Gasteiger partial charge in [0.05, 0.1) is 0 Å². The van der Waals surface area contributed by atoms with Crippen LogP contribution in [0, 0.1) is 0 Å². The molecule has 0 aromatic carbocycles. The maximum Gasteiger partial charge on any atom is 0.317 e. The molecule has 2 amide bonds. The molecule has 2 saturated heterocycles. The normalized spacial score (nSPS) is 21.0. The molecule has 120 valence electrons. The molecule has 1 aromatic rings. The van der Waals surface area contributed by atoms with Crippen molar-refractivity contribution >= 4 is 11.8 Å². The Labute approximate surface area is 132 Å². The SMILES string of the molecule is CN1CCC(NC(=O)N2CCN(c3ccccn3)CC2)CC1. The van der Waals surface area contributed by atoms with E-state index in [1.807, 2.05) is 29.3 Å². The number of amides is 2. The molecule has 0 bridgehead atoms. The quantitative estimate of drug-likeness (QED) is 0.886. The summed E-state index contributed by atoms with van der Waals surface area (Å²) in [6.45, 7) is 5.34. The van der Waals surface area contributed by atoms with E-state index in [4.69, 9.17) is 0 Å². The number of hydrogen-bond acceptors (Lipinski definition) is 4. The van der Waals surface area contributed by atoms with Crippen LogP contribution in [0.5, 0.6) is 0 Å². The van der Waals surface area contributed by atoms with Crippen LogP contribution in [0.25, 0.3) is 0 Å². The molecule has 2 aliphatic rings. The van der Waals surface area contributed by atoms with Crippen LogP contribution in [0.2, 0.25) is 0 Å². The summed E-state index contributed by atoms with van der Waals surface area (Å²) in [5, 5.41) is 3.19. The number of piperidine rings is 1. The van der Waals surface area contributed by atoms with Gasteiger partial charge in [-0.1, -0.05) is 6.07 Å². The third-order valence-corrected chi connectivity index (χ3v) is 4.59. The van der Waals surface area contributed by atoms with Crippen LogP contribution in [0.4, 0.5) is 10.6 Å². The van der Waals surface area contributed by atoms with Crippen LogP contribution in [-0.4, -0.2) is 73.2 Å². The van der Waals surface area contributed by atoms with E-state index >= 15 is 0 Å². The fourth-order valence-corrected chi connectivity index (χ4v) is 3.10. The fraction of sp³-hybridized carbons (Fsp3) is 0.625. The zero-order valence-electron chi connectivity index (χ0n) is 13.2. The summed E-state index contributed by atoms with van der Waals surface area (Å²) in [6.07, 6.45) is 3.92.